The fourth-order valence-corrected chi connectivity index (χ4v) is 4.79. The molecule has 3 saturated heterocycles. The van der Waals surface area contributed by atoms with Crippen LogP contribution in [0.5, 0.6) is 0 Å². The summed E-state index contributed by atoms with van der Waals surface area (Å²) in [4.78, 5) is 113. The fourth-order valence-electron chi connectivity index (χ4n) is 4.79. The van der Waals surface area contributed by atoms with E-state index < -0.39 is 47.7 Å². The smallest absolute Gasteiger partial charge is 0.352 e. The van der Waals surface area contributed by atoms with Gasteiger partial charge in [-0.25, -0.2) is 4.79 Å². The Labute approximate surface area is 334 Å². The molecule has 0 spiro atoms. The van der Waals surface area contributed by atoms with E-state index in [9.17, 15) is 43.2 Å². The Morgan fingerprint density at radius 3 is 1.10 bits per heavy atom. The minimum atomic E-state index is -1.48. The van der Waals surface area contributed by atoms with E-state index in [-0.39, 0.29) is 61.1 Å². The van der Waals surface area contributed by atoms with Crippen LogP contribution in [-0.2, 0) is 67.7 Å². The molecule has 3 aliphatic heterocycles. The van der Waals surface area contributed by atoms with Crippen LogP contribution in [0.15, 0.2) is 72.8 Å². The van der Waals surface area contributed by atoms with E-state index in [0.29, 0.717) is 18.2 Å². The van der Waals surface area contributed by atoms with Gasteiger partial charge in [0.2, 0.25) is 5.91 Å². The Balaban J connectivity index is 0.000000215. The molecule has 308 valence electrons. The topological polar surface area (TPSA) is 241 Å². The molecule has 0 bridgehead atoms. The van der Waals surface area contributed by atoms with Gasteiger partial charge in [0.1, 0.15) is 0 Å². The van der Waals surface area contributed by atoms with Crippen LogP contribution >= 0.6 is 0 Å². The molecular weight excluding hydrogens is 756 g/mol. The quantitative estimate of drug-likeness (QED) is 0.276. The molecule has 0 unspecified atom stereocenters. The second-order valence-electron chi connectivity index (χ2n) is 13.0. The number of nitrogens with zero attached hydrogens (tertiary/aromatic N) is 3. The van der Waals surface area contributed by atoms with Gasteiger partial charge in [0.05, 0.1) is 0 Å². The van der Waals surface area contributed by atoms with Crippen LogP contribution in [0.3, 0.4) is 0 Å². The number of aryl methyl sites for hydroxylation is 3. The summed E-state index contributed by atoms with van der Waals surface area (Å²) >= 11 is 0. The lowest BCUT2D eigenvalue weighted by Crippen LogP contribution is -2.37. The van der Waals surface area contributed by atoms with Gasteiger partial charge in [-0.05, 0) is 37.5 Å². The van der Waals surface area contributed by atoms with Crippen molar-refractivity contribution < 1.29 is 57.7 Å². The second-order valence-corrected chi connectivity index (χ2v) is 13.0. The number of carbonyl (C=O) groups is 9. The number of amides is 8. The number of rotatable bonds is 8. The Kier molecular flexibility index (Phi) is 17.7. The average molecular weight is 803 g/mol. The third-order valence-corrected chi connectivity index (χ3v) is 8.10. The molecule has 4 N–H and O–H groups in total. The largest absolute Gasteiger partial charge is 0.560 e. The number of hydrogen-bond acceptors (Lipinski definition) is 13. The lowest BCUT2D eigenvalue weighted by atomic mass is 10.1. The van der Waals surface area contributed by atoms with E-state index >= 15 is 0 Å². The first kappa shape index (κ1) is 45.4. The van der Waals surface area contributed by atoms with Crippen molar-refractivity contribution in [3.63, 3.8) is 0 Å². The van der Waals surface area contributed by atoms with Crippen molar-refractivity contribution >= 4 is 53.6 Å². The summed E-state index contributed by atoms with van der Waals surface area (Å²) in [6, 6.07) is 24.0. The standard InChI is InChI=1S/C13H14N2O4.C10H13NO.C9H8N2O7.C8H11N/c1-9-2-4-10(5-3-9)8-14-13(18)19-15-11(16)6-7-12(15)17;1-8-3-5-10(6-4-8)7-11-9(2)12;12-5-1-2-6(13)10(5)17-9(16)18-11-7(14)3-4-8(11)15;1-7-2-4-8(6-9)5-3-7/h2-5H,6-8H2,1H3,(H,14,18);3-6H,7H2,1-2H3,(H,11,12);1-4H2;2-5H,6,9H2,1H3. The van der Waals surface area contributed by atoms with E-state index in [1.54, 1.807) is 0 Å². The zero-order valence-corrected chi connectivity index (χ0v) is 32.6. The first-order valence-electron chi connectivity index (χ1n) is 18.1. The van der Waals surface area contributed by atoms with Crippen LogP contribution < -0.4 is 16.4 Å². The van der Waals surface area contributed by atoms with Gasteiger partial charge in [0.25, 0.3) is 35.4 Å². The fraction of sp³-hybridized carbons (Fsp3) is 0.325. The number of imide groups is 3. The minimum Gasteiger partial charge on any atom is -0.352 e. The zero-order chi connectivity index (χ0) is 42.8. The highest BCUT2D eigenvalue weighted by atomic mass is 16.9. The van der Waals surface area contributed by atoms with Gasteiger partial charge in [0.15, 0.2) is 0 Å². The van der Waals surface area contributed by atoms with E-state index in [0.717, 1.165) is 16.7 Å². The summed E-state index contributed by atoms with van der Waals surface area (Å²) in [5.74, 6) is -3.71. The van der Waals surface area contributed by atoms with E-state index in [2.05, 4.69) is 56.3 Å². The van der Waals surface area contributed by atoms with Gasteiger partial charge in [-0.15, -0.1) is 5.06 Å². The van der Waals surface area contributed by atoms with Crippen LogP contribution in [0, 0.1) is 20.8 Å². The molecule has 0 aliphatic carbocycles. The van der Waals surface area contributed by atoms with Gasteiger partial charge in [-0.3, -0.25) is 43.2 Å². The monoisotopic (exact) mass is 802 g/mol. The SMILES string of the molecule is CC(=O)NCc1ccc(C)cc1.Cc1ccc(CN)cc1.Cc1ccc(CNC(=O)ON2C(=O)CCC2=O)cc1.O=C(ON1C(=O)CCC1=O)ON1C(=O)CCC1=O. The zero-order valence-electron chi connectivity index (χ0n) is 32.6. The van der Waals surface area contributed by atoms with Crippen molar-refractivity contribution in [1.29, 1.82) is 0 Å². The summed E-state index contributed by atoms with van der Waals surface area (Å²) in [7, 11) is 0. The first-order chi connectivity index (χ1) is 27.6. The number of hydrogen-bond donors (Lipinski definition) is 3. The highest BCUT2D eigenvalue weighted by Gasteiger charge is 2.37. The molecule has 3 fully saturated rings. The summed E-state index contributed by atoms with van der Waals surface area (Å²) in [6.45, 7) is 9.14. The van der Waals surface area contributed by atoms with Gasteiger partial charge in [-0.2, -0.15) is 4.79 Å². The van der Waals surface area contributed by atoms with Crippen LogP contribution in [0.4, 0.5) is 9.59 Å². The summed E-state index contributed by atoms with van der Waals surface area (Å²) in [5, 5.41) is 6.25. The molecule has 6 rings (SSSR count). The molecule has 3 aromatic carbocycles. The van der Waals surface area contributed by atoms with Crippen molar-refractivity contribution in [2.24, 2.45) is 5.73 Å². The maximum absolute atomic E-state index is 11.5. The van der Waals surface area contributed by atoms with Crippen molar-refractivity contribution in [2.75, 3.05) is 0 Å². The Morgan fingerprint density at radius 1 is 0.500 bits per heavy atom. The lowest BCUT2D eigenvalue weighted by Gasteiger charge is -2.15. The molecule has 0 radical (unpaired) electrons. The van der Waals surface area contributed by atoms with Crippen LogP contribution in [0.25, 0.3) is 0 Å². The molecule has 18 nitrogen and oxygen atoms in total. The number of carbonyl (C=O) groups excluding carboxylic acids is 9. The van der Waals surface area contributed by atoms with Gasteiger partial charge < -0.3 is 21.2 Å². The van der Waals surface area contributed by atoms with E-state index in [4.69, 9.17) is 5.73 Å². The van der Waals surface area contributed by atoms with Crippen molar-refractivity contribution in [1.82, 2.24) is 25.8 Å². The molecular formula is C40H46N6O12. The van der Waals surface area contributed by atoms with Crippen molar-refractivity contribution in [2.45, 2.75) is 85.9 Å². The number of hydroxylamine groups is 6. The molecule has 3 heterocycles. The summed E-state index contributed by atoms with van der Waals surface area (Å²) < 4.78 is 0. The molecule has 58 heavy (non-hydrogen) atoms. The maximum atomic E-state index is 11.5. The Bertz CT molecular complexity index is 1880. The molecule has 0 saturated carbocycles. The Morgan fingerprint density at radius 2 is 0.793 bits per heavy atom. The number of nitrogens with one attached hydrogen (secondary N) is 2. The van der Waals surface area contributed by atoms with Gasteiger partial charge in [-0.1, -0.05) is 99.6 Å². The third-order valence-electron chi connectivity index (χ3n) is 8.10. The number of benzene rings is 3. The highest BCUT2D eigenvalue weighted by molar-refractivity contribution is 6.03. The summed E-state index contributed by atoms with van der Waals surface area (Å²) in [5.41, 5.74) is 12.3. The van der Waals surface area contributed by atoms with Crippen LogP contribution in [-0.4, -0.2) is 68.8 Å². The highest BCUT2D eigenvalue weighted by Crippen LogP contribution is 2.16. The predicted molar refractivity (Wildman–Crippen MR) is 203 cm³/mol. The van der Waals surface area contributed by atoms with E-state index in [1.165, 1.54) is 23.6 Å². The van der Waals surface area contributed by atoms with Gasteiger partial charge >= 0.3 is 12.2 Å². The van der Waals surface area contributed by atoms with Crippen molar-refractivity contribution in [3.05, 3.63) is 106 Å². The predicted octanol–water partition coefficient (Wildman–Crippen LogP) is 3.64. The van der Waals surface area contributed by atoms with Crippen LogP contribution in [0.1, 0.15) is 78.8 Å². The minimum absolute atomic E-state index is 0.00979. The molecule has 18 heteroatoms. The Hall–Kier alpha value is -6.95. The lowest BCUT2D eigenvalue weighted by molar-refractivity contribution is -0.198. The van der Waals surface area contributed by atoms with E-state index in [1.807, 2.05) is 62.4 Å². The van der Waals surface area contributed by atoms with Gasteiger partial charge in [0, 0.05) is 65.1 Å². The average Bonchev–Trinajstić information content (AvgIpc) is 3.81. The second kappa shape index (κ2) is 22.6. The molecule has 0 atom stereocenters. The number of nitrogens with two attached hydrogens (primary N) is 1. The first-order valence-corrected chi connectivity index (χ1v) is 18.1. The van der Waals surface area contributed by atoms with Crippen LogP contribution in [0.2, 0.25) is 0 Å². The molecule has 3 aromatic rings. The maximum Gasteiger partial charge on any atom is 0.560 e. The van der Waals surface area contributed by atoms with Crippen molar-refractivity contribution in [3.8, 4) is 0 Å². The normalized spacial score (nSPS) is 14.4. The molecule has 3 aliphatic rings. The molecule has 0 aromatic heterocycles. The summed E-state index contributed by atoms with van der Waals surface area (Å²) in [6.07, 6.45) is -2.37. The third kappa shape index (κ3) is 15.3. The molecule has 8 amide bonds.